The van der Waals surface area contributed by atoms with Gasteiger partial charge >= 0.3 is 0 Å². The van der Waals surface area contributed by atoms with Gasteiger partial charge in [-0.1, -0.05) is 249 Å². The number of benzene rings is 11. The highest BCUT2D eigenvalue weighted by Crippen LogP contribution is 2.65. The van der Waals surface area contributed by atoms with E-state index in [4.69, 9.17) is 0 Å². The van der Waals surface area contributed by atoms with Crippen LogP contribution in [0.1, 0.15) is 22.3 Å². The number of nitrogens with zero attached hydrogens (tertiary/aromatic N) is 1. The molecule has 1 nitrogen and oxygen atoms in total. The normalized spacial score (nSPS) is 12.5. The molecule has 0 fully saturated rings. The van der Waals surface area contributed by atoms with Crippen LogP contribution in [0.15, 0.2) is 273 Å². The van der Waals surface area contributed by atoms with Crippen LogP contribution in [0.25, 0.3) is 77.9 Å². The van der Waals surface area contributed by atoms with Gasteiger partial charge in [0.15, 0.2) is 0 Å². The SMILES string of the molecule is c1ccc(-c2ccccc2-c2ccc(N(c3ccccc3-c3ccccc3-c3ccccc3-c3ccccc3)c3cccc4c3-c3ccccc3C43c4ccccc4-c4ccccc43)cc2)cc1. The zero-order valence-electron chi connectivity index (χ0n) is 37.4. The third kappa shape index (κ3) is 6.10. The van der Waals surface area contributed by atoms with E-state index in [0.29, 0.717) is 0 Å². The first-order valence-electron chi connectivity index (χ1n) is 23.6. The monoisotopic (exact) mass is 863 g/mol. The molecule has 1 heteroatoms. The summed E-state index contributed by atoms with van der Waals surface area (Å²) in [5, 5.41) is 0. The molecule has 0 heterocycles. The summed E-state index contributed by atoms with van der Waals surface area (Å²) < 4.78 is 0. The highest BCUT2D eigenvalue weighted by atomic mass is 15.1. The van der Waals surface area contributed by atoms with Crippen LogP contribution in [0.3, 0.4) is 0 Å². The van der Waals surface area contributed by atoms with E-state index in [1.165, 1.54) is 94.6 Å². The third-order valence-electron chi connectivity index (χ3n) is 14.4. The summed E-state index contributed by atoms with van der Waals surface area (Å²) >= 11 is 0. The lowest BCUT2D eigenvalue weighted by Gasteiger charge is -2.32. The van der Waals surface area contributed by atoms with Crippen LogP contribution in [0.4, 0.5) is 17.1 Å². The van der Waals surface area contributed by atoms with Gasteiger partial charge in [-0.2, -0.15) is 0 Å². The van der Waals surface area contributed by atoms with Crippen LogP contribution in [0.5, 0.6) is 0 Å². The summed E-state index contributed by atoms with van der Waals surface area (Å²) in [6, 6.07) is 101. The molecular formula is C67H45N. The molecule has 0 amide bonds. The molecule has 0 N–H and O–H groups in total. The maximum atomic E-state index is 2.53. The van der Waals surface area contributed by atoms with Crippen molar-refractivity contribution in [2.75, 3.05) is 4.90 Å². The Morgan fingerprint density at radius 2 is 0.544 bits per heavy atom. The smallest absolute Gasteiger partial charge is 0.0726 e. The molecule has 0 unspecified atom stereocenters. The van der Waals surface area contributed by atoms with Crippen molar-refractivity contribution in [2.24, 2.45) is 0 Å². The predicted octanol–water partition coefficient (Wildman–Crippen LogP) is 17.8. The fraction of sp³-hybridized carbons (Fsp3) is 0.0149. The minimum atomic E-state index is -0.473. The number of hydrogen-bond donors (Lipinski definition) is 0. The van der Waals surface area contributed by atoms with Crippen molar-refractivity contribution >= 4 is 17.1 Å². The fourth-order valence-corrected chi connectivity index (χ4v) is 11.5. The van der Waals surface area contributed by atoms with Crippen LogP contribution < -0.4 is 4.90 Å². The van der Waals surface area contributed by atoms with Crippen LogP contribution >= 0.6 is 0 Å². The van der Waals surface area contributed by atoms with E-state index in [1.807, 2.05) is 0 Å². The van der Waals surface area contributed by atoms with E-state index in [1.54, 1.807) is 0 Å². The minimum Gasteiger partial charge on any atom is -0.309 e. The second-order valence-corrected chi connectivity index (χ2v) is 17.9. The topological polar surface area (TPSA) is 3.24 Å². The van der Waals surface area contributed by atoms with Gasteiger partial charge in [0.1, 0.15) is 0 Å². The van der Waals surface area contributed by atoms with Crippen LogP contribution in [0.2, 0.25) is 0 Å². The lowest BCUT2D eigenvalue weighted by atomic mass is 9.70. The molecule has 2 aliphatic rings. The Bertz CT molecular complexity index is 3630. The molecular weight excluding hydrogens is 819 g/mol. The summed E-state index contributed by atoms with van der Waals surface area (Å²) in [5.74, 6) is 0. The van der Waals surface area contributed by atoms with E-state index in [0.717, 1.165) is 22.6 Å². The highest BCUT2D eigenvalue weighted by molar-refractivity contribution is 6.04. The Morgan fingerprint density at radius 1 is 0.206 bits per heavy atom. The van der Waals surface area contributed by atoms with Crippen LogP contribution in [-0.2, 0) is 5.41 Å². The van der Waals surface area contributed by atoms with Gasteiger partial charge in [-0.25, -0.2) is 0 Å². The van der Waals surface area contributed by atoms with E-state index in [2.05, 4.69) is 278 Å². The Balaban J connectivity index is 1.06. The first-order chi connectivity index (χ1) is 33.8. The summed E-state index contributed by atoms with van der Waals surface area (Å²) in [7, 11) is 0. The zero-order valence-corrected chi connectivity index (χ0v) is 37.4. The van der Waals surface area contributed by atoms with Crippen LogP contribution in [-0.4, -0.2) is 0 Å². The van der Waals surface area contributed by atoms with E-state index >= 15 is 0 Å². The second kappa shape index (κ2) is 16.3. The number of anilines is 3. The summed E-state index contributed by atoms with van der Waals surface area (Å²) in [6.45, 7) is 0. The highest BCUT2D eigenvalue weighted by Gasteiger charge is 2.52. The predicted molar refractivity (Wildman–Crippen MR) is 285 cm³/mol. The molecule has 0 atom stereocenters. The van der Waals surface area contributed by atoms with Gasteiger partial charge in [0.25, 0.3) is 0 Å². The molecule has 0 saturated heterocycles. The van der Waals surface area contributed by atoms with E-state index < -0.39 is 5.41 Å². The molecule has 0 radical (unpaired) electrons. The van der Waals surface area contributed by atoms with Crippen molar-refractivity contribution in [1.29, 1.82) is 0 Å². The van der Waals surface area contributed by atoms with Crippen molar-refractivity contribution in [3.8, 4) is 77.9 Å². The molecule has 1 spiro atoms. The third-order valence-corrected chi connectivity index (χ3v) is 14.4. The molecule has 13 rings (SSSR count). The molecule has 318 valence electrons. The molecule has 11 aromatic rings. The molecule has 0 aromatic heterocycles. The molecule has 0 saturated carbocycles. The average Bonchev–Trinajstić information content (AvgIpc) is 3.90. The molecule has 0 aliphatic heterocycles. The summed E-state index contributed by atoms with van der Waals surface area (Å²) in [5.41, 5.74) is 25.2. The second-order valence-electron chi connectivity index (χ2n) is 17.9. The maximum Gasteiger partial charge on any atom is 0.0726 e. The van der Waals surface area contributed by atoms with Gasteiger partial charge in [0, 0.05) is 16.8 Å². The number of rotatable bonds is 8. The Kier molecular flexibility index (Phi) is 9.47. The van der Waals surface area contributed by atoms with E-state index in [9.17, 15) is 0 Å². The first kappa shape index (κ1) is 39.6. The number of hydrogen-bond acceptors (Lipinski definition) is 1. The number of para-hydroxylation sites is 1. The van der Waals surface area contributed by atoms with Gasteiger partial charge in [-0.05, 0) is 113 Å². The summed E-state index contributed by atoms with van der Waals surface area (Å²) in [4.78, 5) is 2.53. The van der Waals surface area contributed by atoms with Crippen molar-refractivity contribution in [3.05, 3.63) is 295 Å². The Labute approximate surface area is 398 Å². The zero-order chi connectivity index (χ0) is 45.0. The van der Waals surface area contributed by atoms with Gasteiger partial charge in [-0.3, -0.25) is 0 Å². The lowest BCUT2D eigenvalue weighted by Crippen LogP contribution is -2.26. The van der Waals surface area contributed by atoms with Gasteiger partial charge in [0.05, 0.1) is 16.8 Å². The quantitative estimate of drug-likeness (QED) is 0.147. The molecule has 68 heavy (non-hydrogen) atoms. The van der Waals surface area contributed by atoms with Gasteiger partial charge < -0.3 is 4.90 Å². The Hall–Kier alpha value is -8.78. The van der Waals surface area contributed by atoms with Crippen molar-refractivity contribution < 1.29 is 0 Å². The van der Waals surface area contributed by atoms with Crippen molar-refractivity contribution in [2.45, 2.75) is 5.41 Å². The lowest BCUT2D eigenvalue weighted by molar-refractivity contribution is 0.794. The van der Waals surface area contributed by atoms with Crippen LogP contribution in [0, 0.1) is 0 Å². The van der Waals surface area contributed by atoms with Gasteiger partial charge in [-0.15, -0.1) is 0 Å². The minimum absolute atomic E-state index is 0.473. The maximum absolute atomic E-state index is 2.53. The average molecular weight is 864 g/mol. The Morgan fingerprint density at radius 3 is 1.09 bits per heavy atom. The largest absolute Gasteiger partial charge is 0.309 e. The fourth-order valence-electron chi connectivity index (χ4n) is 11.5. The van der Waals surface area contributed by atoms with Crippen molar-refractivity contribution in [1.82, 2.24) is 0 Å². The molecule has 0 bridgehead atoms. The first-order valence-corrected chi connectivity index (χ1v) is 23.6. The standard InChI is InChI=1S/C67H45N/c1-3-22-46(23-4-1)50-26-7-8-27-51(50)48-42-44-49(45-43-48)68(64-40-20-16-34-58(64)55-31-12-11-30-54(55)53-29-10-9-28-52(53)47-24-5-2-6-25-47)65-41-21-39-63-66(65)59-35-15-19-38-62(59)67(63)60-36-17-13-32-56(60)57-33-14-18-37-61(57)67/h1-45H. The molecule has 11 aromatic carbocycles. The van der Waals surface area contributed by atoms with Gasteiger partial charge in [0.2, 0.25) is 0 Å². The molecule has 2 aliphatic carbocycles. The number of fused-ring (bicyclic) bond motifs is 10. The van der Waals surface area contributed by atoms with E-state index in [-0.39, 0.29) is 0 Å². The summed E-state index contributed by atoms with van der Waals surface area (Å²) in [6.07, 6.45) is 0. The van der Waals surface area contributed by atoms with Crippen molar-refractivity contribution in [3.63, 3.8) is 0 Å².